The average molecular weight is 375 g/mol. The van der Waals surface area contributed by atoms with Crippen LogP contribution in [0.15, 0.2) is 24.4 Å². The van der Waals surface area contributed by atoms with Crippen LogP contribution in [-0.2, 0) is 0 Å². The van der Waals surface area contributed by atoms with Crippen molar-refractivity contribution < 1.29 is 0 Å². The first-order valence-corrected chi connectivity index (χ1v) is 10.2. The summed E-state index contributed by atoms with van der Waals surface area (Å²) in [5.41, 5.74) is 10.4. The minimum Gasteiger partial charge on any atom is -0.329 e. The van der Waals surface area contributed by atoms with Gasteiger partial charge in [-0.05, 0) is 70.2 Å². The van der Waals surface area contributed by atoms with Crippen molar-refractivity contribution in [2.45, 2.75) is 61.4 Å². The molecule has 3 heterocycles. The SMILES string of the molecule is Cc1cc(C)c(-c2c(C)nn3c2nc(C)c2ccn(C(C)C(C)C)c23)c(C)c1. The van der Waals surface area contributed by atoms with Gasteiger partial charge in [0.05, 0.1) is 17.0 Å². The van der Waals surface area contributed by atoms with Crippen molar-refractivity contribution >= 4 is 16.7 Å². The van der Waals surface area contributed by atoms with Gasteiger partial charge in [0.1, 0.15) is 5.65 Å². The highest BCUT2D eigenvalue weighted by atomic mass is 15.3. The van der Waals surface area contributed by atoms with Crippen LogP contribution in [0.25, 0.3) is 27.8 Å². The Morgan fingerprint density at radius 3 is 2.11 bits per heavy atom. The fourth-order valence-electron chi connectivity index (χ4n) is 4.45. The average Bonchev–Trinajstić information content (AvgIpc) is 3.16. The molecule has 0 N–H and O–H groups in total. The molecular formula is C24H30N4. The molecule has 0 aliphatic rings. The summed E-state index contributed by atoms with van der Waals surface area (Å²) in [5.74, 6) is 0.539. The van der Waals surface area contributed by atoms with Gasteiger partial charge >= 0.3 is 0 Å². The molecule has 0 saturated heterocycles. The predicted octanol–water partition coefficient (Wildman–Crippen LogP) is 6.11. The number of aryl methyl sites for hydroxylation is 5. The Balaban J connectivity index is 2.12. The molecule has 28 heavy (non-hydrogen) atoms. The number of nitrogens with zero attached hydrogens (tertiary/aromatic N) is 4. The second kappa shape index (κ2) is 6.47. The molecule has 0 aliphatic heterocycles. The van der Waals surface area contributed by atoms with Crippen molar-refractivity contribution in [3.63, 3.8) is 0 Å². The van der Waals surface area contributed by atoms with Crippen molar-refractivity contribution in [2.24, 2.45) is 5.92 Å². The van der Waals surface area contributed by atoms with Gasteiger partial charge < -0.3 is 4.57 Å². The van der Waals surface area contributed by atoms with E-state index in [4.69, 9.17) is 10.1 Å². The van der Waals surface area contributed by atoms with E-state index in [0.717, 1.165) is 28.2 Å². The van der Waals surface area contributed by atoms with Crippen LogP contribution in [0.2, 0.25) is 0 Å². The Bertz CT molecular complexity index is 1180. The van der Waals surface area contributed by atoms with E-state index in [1.807, 2.05) is 0 Å². The molecule has 0 fully saturated rings. The second-order valence-electron chi connectivity index (χ2n) is 8.61. The van der Waals surface area contributed by atoms with Crippen molar-refractivity contribution in [3.8, 4) is 11.1 Å². The summed E-state index contributed by atoms with van der Waals surface area (Å²) in [7, 11) is 0. The summed E-state index contributed by atoms with van der Waals surface area (Å²) in [6, 6.07) is 7.06. The molecule has 146 valence electrons. The maximum absolute atomic E-state index is 5.01. The minimum atomic E-state index is 0.387. The molecule has 0 aliphatic carbocycles. The molecule has 1 aromatic carbocycles. The van der Waals surface area contributed by atoms with E-state index in [2.05, 4.69) is 88.9 Å². The van der Waals surface area contributed by atoms with E-state index >= 15 is 0 Å². The minimum absolute atomic E-state index is 0.387. The fraction of sp³-hybridized carbons (Fsp3) is 0.417. The van der Waals surface area contributed by atoms with Crippen LogP contribution in [0, 0.1) is 40.5 Å². The first-order chi connectivity index (χ1) is 13.2. The molecule has 4 heteroatoms. The van der Waals surface area contributed by atoms with Crippen molar-refractivity contribution in [1.82, 2.24) is 19.2 Å². The monoisotopic (exact) mass is 374 g/mol. The molecule has 0 bridgehead atoms. The van der Waals surface area contributed by atoms with Gasteiger partial charge in [0.25, 0.3) is 0 Å². The third-order valence-corrected chi connectivity index (χ3v) is 6.12. The summed E-state index contributed by atoms with van der Waals surface area (Å²) in [6.07, 6.45) is 2.18. The van der Waals surface area contributed by atoms with Gasteiger partial charge in [-0.1, -0.05) is 31.5 Å². The Labute approximate surface area is 167 Å². The number of hydrogen-bond acceptors (Lipinski definition) is 2. The fourth-order valence-corrected chi connectivity index (χ4v) is 4.45. The molecule has 0 spiro atoms. The van der Waals surface area contributed by atoms with Crippen LogP contribution in [0.4, 0.5) is 0 Å². The lowest BCUT2D eigenvalue weighted by molar-refractivity contribution is 0.415. The molecule has 1 unspecified atom stereocenters. The zero-order valence-electron chi connectivity index (χ0n) is 18.3. The van der Waals surface area contributed by atoms with E-state index in [0.29, 0.717) is 12.0 Å². The molecular weight excluding hydrogens is 344 g/mol. The van der Waals surface area contributed by atoms with E-state index in [9.17, 15) is 0 Å². The normalized spacial score (nSPS) is 13.2. The summed E-state index contributed by atoms with van der Waals surface area (Å²) in [4.78, 5) is 5.01. The first kappa shape index (κ1) is 18.7. The third kappa shape index (κ3) is 2.66. The lowest BCUT2D eigenvalue weighted by Crippen LogP contribution is -2.12. The maximum Gasteiger partial charge on any atom is 0.165 e. The van der Waals surface area contributed by atoms with E-state index < -0.39 is 0 Å². The van der Waals surface area contributed by atoms with Crippen LogP contribution in [0.3, 0.4) is 0 Å². The van der Waals surface area contributed by atoms with E-state index in [1.165, 1.54) is 27.6 Å². The summed E-state index contributed by atoms with van der Waals surface area (Å²) in [6.45, 7) is 17.5. The first-order valence-electron chi connectivity index (χ1n) is 10.2. The Morgan fingerprint density at radius 2 is 1.50 bits per heavy atom. The molecule has 4 nitrogen and oxygen atoms in total. The molecule has 0 radical (unpaired) electrons. The lowest BCUT2D eigenvalue weighted by Gasteiger charge is -2.19. The topological polar surface area (TPSA) is 35.1 Å². The lowest BCUT2D eigenvalue weighted by atomic mass is 9.94. The zero-order chi connectivity index (χ0) is 20.3. The highest BCUT2D eigenvalue weighted by molar-refractivity contribution is 5.89. The van der Waals surface area contributed by atoms with Crippen LogP contribution >= 0.6 is 0 Å². The van der Waals surface area contributed by atoms with Gasteiger partial charge in [-0.2, -0.15) is 9.61 Å². The molecule has 0 amide bonds. The number of hydrogen-bond donors (Lipinski definition) is 0. The van der Waals surface area contributed by atoms with Gasteiger partial charge in [0.2, 0.25) is 0 Å². The maximum atomic E-state index is 5.01. The predicted molar refractivity (Wildman–Crippen MR) is 117 cm³/mol. The van der Waals surface area contributed by atoms with E-state index in [-0.39, 0.29) is 0 Å². The number of aromatic nitrogens is 4. The van der Waals surface area contributed by atoms with Crippen molar-refractivity contribution in [1.29, 1.82) is 0 Å². The van der Waals surface area contributed by atoms with Gasteiger partial charge in [0, 0.05) is 17.6 Å². The van der Waals surface area contributed by atoms with Crippen LogP contribution < -0.4 is 0 Å². The standard InChI is InChI=1S/C24H30N4/c1-13(2)19(8)27-10-9-20-17(6)25-23-22(18(7)26-28(23)24(20)27)21-15(4)11-14(3)12-16(21)5/h9-13,19H,1-8H3. The van der Waals surface area contributed by atoms with Crippen molar-refractivity contribution in [2.75, 3.05) is 0 Å². The molecule has 1 atom stereocenters. The molecule has 3 aromatic heterocycles. The Morgan fingerprint density at radius 1 is 0.857 bits per heavy atom. The summed E-state index contributed by atoms with van der Waals surface area (Å²) < 4.78 is 4.41. The van der Waals surface area contributed by atoms with Crippen LogP contribution in [0.5, 0.6) is 0 Å². The Hall–Kier alpha value is -2.62. The quantitative estimate of drug-likeness (QED) is 0.433. The zero-order valence-corrected chi connectivity index (χ0v) is 18.3. The molecule has 4 rings (SSSR count). The van der Waals surface area contributed by atoms with Gasteiger partial charge in [0.15, 0.2) is 5.65 Å². The number of rotatable bonds is 3. The van der Waals surface area contributed by atoms with Crippen LogP contribution in [-0.4, -0.2) is 19.2 Å². The van der Waals surface area contributed by atoms with E-state index in [1.54, 1.807) is 0 Å². The third-order valence-electron chi connectivity index (χ3n) is 6.12. The molecule has 0 saturated carbocycles. The molecule has 4 aromatic rings. The number of fused-ring (bicyclic) bond motifs is 3. The second-order valence-corrected chi connectivity index (χ2v) is 8.61. The summed E-state index contributed by atoms with van der Waals surface area (Å²) in [5, 5.41) is 6.14. The van der Waals surface area contributed by atoms with Crippen molar-refractivity contribution in [3.05, 3.63) is 52.5 Å². The highest BCUT2D eigenvalue weighted by Gasteiger charge is 2.22. The Kier molecular flexibility index (Phi) is 4.33. The number of benzene rings is 1. The van der Waals surface area contributed by atoms with Gasteiger partial charge in [-0.15, -0.1) is 0 Å². The van der Waals surface area contributed by atoms with Gasteiger partial charge in [-0.25, -0.2) is 4.98 Å². The smallest absolute Gasteiger partial charge is 0.165 e. The van der Waals surface area contributed by atoms with Gasteiger partial charge in [-0.3, -0.25) is 0 Å². The summed E-state index contributed by atoms with van der Waals surface area (Å²) >= 11 is 0. The van der Waals surface area contributed by atoms with Crippen LogP contribution in [0.1, 0.15) is 54.9 Å². The highest BCUT2D eigenvalue weighted by Crippen LogP contribution is 2.36. The largest absolute Gasteiger partial charge is 0.329 e.